The van der Waals surface area contributed by atoms with Gasteiger partial charge in [0.25, 0.3) is 0 Å². The third-order valence-electron chi connectivity index (χ3n) is 3.24. The van der Waals surface area contributed by atoms with Gasteiger partial charge in [-0.2, -0.15) is 4.80 Å². The van der Waals surface area contributed by atoms with Crippen LogP contribution in [0.25, 0.3) is 11.4 Å². The highest BCUT2D eigenvalue weighted by Gasteiger charge is 2.11. The summed E-state index contributed by atoms with van der Waals surface area (Å²) < 4.78 is 1.81. The zero-order chi connectivity index (χ0) is 17.1. The smallest absolute Gasteiger partial charge is 0.248 e. The highest BCUT2D eigenvalue weighted by molar-refractivity contribution is 9.10. The molecule has 0 atom stereocenters. The number of rotatable bonds is 4. The fourth-order valence-electron chi connectivity index (χ4n) is 2.06. The lowest BCUT2D eigenvalue weighted by Crippen LogP contribution is -2.20. The molecular formula is C16H13Br2N5O. The number of anilines is 1. The maximum atomic E-state index is 12.1. The zero-order valence-electron chi connectivity index (χ0n) is 12.7. The summed E-state index contributed by atoms with van der Waals surface area (Å²) in [5.41, 5.74) is 2.65. The summed E-state index contributed by atoms with van der Waals surface area (Å²) in [4.78, 5) is 13.4. The standard InChI is InChI=1S/C16H13Br2N5O/c1-10-2-7-14(13(18)8-10)19-15(24)9-23-21-16(20-22-23)11-3-5-12(17)6-4-11/h2-8H,9H2,1H3,(H,19,24). The molecule has 0 bridgehead atoms. The van der Waals surface area contributed by atoms with Crippen molar-refractivity contribution in [3.05, 3.63) is 57.0 Å². The van der Waals surface area contributed by atoms with E-state index in [9.17, 15) is 4.79 Å². The van der Waals surface area contributed by atoms with Crippen molar-refractivity contribution >= 4 is 43.5 Å². The third kappa shape index (κ3) is 4.07. The van der Waals surface area contributed by atoms with Crippen molar-refractivity contribution < 1.29 is 4.79 Å². The van der Waals surface area contributed by atoms with E-state index in [-0.39, 0.29) is 12.5 Å². The van der Waals surface area contributed by atoms with Gasteiger partial charge in [-0.3, -0.25) is 4.79 Å². The topological polar surface area (TPSA) is 72.7 Å². The minimum absolute atomic E-state index is 0.0101. The van der Waals surface area contributed by atoms with Crippen molar-refractivity contribution in [2.45, 2.75) is 13.5 Å². The second-order valence-corrected chi connectivity index (χ2v) is 6.95. The van der Waals surface area contributed by atoms with Gasteiger partial charge < -0.3 is 5.32 Å². The minimum Gasteiger partial charge on any atom is -0.323 e. The van der Waals surface area contributed by atoms with Gasteiger partial charge in [0, 0.05) is 14.5 Å². The van der Waals surface area contributed by atoms with Gasteiger partial charge in [-0.15, -0.1) is 10.2 Å². The molecule has 6 nitrogen and oxygen atoms in total. The van der Waals surface area contributed by atoms with Gasteiger partial charge in [-0.25, -0.2) is 0 Å². The average Bonchev–Trinajstić information content (AvgIpc) is 2.99. The number of nitrogens with zero attached hydrogens (tertiary/aromatic N) is 4. The van der Waals surface area contributed by atoms with E-state index in [1.54, 1.807) is 0 Å². The quantitative estimate of drug-likeness (QED) is 0.655. The normalized spacial score (nSPS) is 10.6. The molecular weight excluding hydrogens is 438 g/mol. The van der Waals surface area contributed by atoms with Gasteiger partial charge in [-0.1, -0.05) is 22.0 Å². The van der Waals surface area contributed by atoms with E-state index in [2.05, 4.69) is 52.6 Å². The van der Waals surface area contributed by atoms with Gasteiger partial charge in [0.2, 0.25) is 11.7 Å². The first-order valence-corrected chi connectivity index (χ1v) is 8.69. The van der Waals surface area contributed by atoms with E-state index in [4.69, 9.17) is 0 Å². The Balaban J connectivity index is 1.68. The van der Waals surface area contributed by atoms with Crippen molar-refractivity contribution in [1.82, 2.24) is 20.2 Å². The Labute approximate surface area is 155 Å². The van der Waals surface area contributed by atoms with Gasteiger partial charge in [0.1, 0.15) is 6.54 Å². The lowest BCUT2D eigenvalue weighted by molar-refractivity contribution is -0.117. The van der Waals surface area contributed by atoms with E-state index >= 15 is 0 Å². The van der Waals surface area contributed by atoms with E-state index in [0.29, 0.717) is 11.5 Å². The van der Waals surface area contributed by atoms with Crippen LogP contribution in [-0.2, 0) is 11.3 Å². The van der Waals surface area contributed by atoms with E-state index in [0.717, 1.165) is 20.1 Å². The molecule has 0 saturated heterocycles. The molecule has 24 heavy (non-hydrogen) atoms. The first kappa shape index (κ1) is 16.8. The van der Waals surface area contributed by atoms with Crippen LogP contribution in [0.15, 0.2) is 51.4 Å². The molecule has 1 aromatic heterocycles. The summed E-state index contributed by atoms with van der Waals surface area (Å²) in [6.45, 7) is 1.98. The lowest BCUT2D eigenvalue weighted by atomic mass is 10.2. The van der Waals surface area contributed by atoms with Crippen molar-refractivity contribution in [2.24, 2.45) is 0 Å². The monoisotopic (exact) mass is 449 g/mol. The number of carbonyl (C=O) groups is 1. The molecule has 0 fully saturated rings. The Morgan fingerprint density at radius 1 is 1.17 bits per heavy atom. The first-order chi connectivity index (χ1) is 11.5. The van der Waals surface area contributed by atoms with E-state index < -0.39 is 0 Å². The van der Waals surface area contributed by atoms with Gasteiger partial charge >= 0.3 is 0 Å². The fourth-order valence-corrected chi connectivity index (χ4v) is 2.92. The predicted octanol–water partition coefficient (Wildman–Crippen LogP) is 3.81. The second kappa shape index (κ2) is 7.23. The van der Waals surface area contributed by atoms with Crippen molar-refractivity contribution in [1.29, 1.82) is 0 Å². The van der Waals surface area contributed by atoms with E-state index in [1.807, 2.05) is 49.4 Å². The summed E-state index contributed by atoms with van der Waals surface area (Å²) in [6, 6.07) is 13.3. The highest BCUT2D eigenvalue weighted by Crippen LogP contribution is 2.23. The summed E-state index contributed by atoms with van der Waals surface area (Å²) in [6.07, 6.45) is 0. The molecule has 0 aliphatic carbocycles. The van der Waals surface area contributed by atoms with Crippen LogP contribution in [0.5, 0.6) is 0 Å². The number of amides is 1. The Morgan fingerprint density at radius 2 is 1.92 bits per heavy atom. The molecule has 0 spiro atoms. The van der Waals surface area contributed by atoms with Crippen LogP contribution < -0.4 is 5.32 Å². The van der Waals surface area contributed by atoms with Crippen LogP contribution in [0.1, 0.15) is 5.56 Å². The molecule has 0 saturated carbocycles. The average molecular weight is 451 g/mol. The van der Waals surface area contributed by atoms with Crippen LogP contribution in [-0.4, -0.2) is 26.1 Å². The number of halogens is 2. The Kier molecular flexibility index (Phi) is 5.06. The Morgan fingerprint density at radius 3 is 2.62 bits per heavy atom. The predicted molar refractivity (Wildman–Crippen MR) is 98.5 cm³/mol. The summed E-state index contributed by atoms with van der Waals surface area (Å²) in [5.74, 6) is 0.256. The van der Waals surface area contributed by atoms with Crippen LogP contribution in [0.2, 0.25) is 0 Å². The molecule has 2 aromatic carbocycles. The summed E-state index contributed by atoms with van der Waals surface area (Å²) >= 11 is 6.81. The minimum atomic E-state index is -0.223. The maximum absolute atomic E-state index is 12.1. The van der Waals surface area contributed by atoms with Crippen LogP contribution in [0, 0.1) is 6.92 Å². The zero-order valence-corrected chi connectivity index (χ0v) is 15.9. The molecule has 0 aliphatic heterocycles. The Hall–Kier alpha value is -2.06. The fraction of sp³-hybridized carbons (Fsp3) is 0.125. The molecule has 0 radical (unpaired) electrons. The van der Waals surface area contributed by atoms with Gasteiger partial charge in [-0.05, 0) is 70.0 Å². The molecule has 3 aromatic rings. The number of hydrogen-bond acceptors (Lipinski definition) is 4. The largest absolute Gasteiger partial charge is 0.323 e. The summed E-state index contributed by atoms with van der Waals surface area (Å²) in [5, 5.41) is 15.0. The number of benzene rings is 2. The van der Waals surface area contributed by atoms with Crippen molar-refractivity contribution in [3.8, 4) is 11.4 Å². The third-order valence-corrected chi connectivity index (χ3v) is 4.42. The number of tetrazole rings is 1. The molecule has 3 rings (SSSR count). The summed E-state index contributed by atoms with van der Waals surface area (Å²) in [7, 11) is 0. The number of nitrogens with one attached hydrogen (secondary N) is 1. The van der Waals surface area contributed by atoms with Gasteiger partial charge in [0.15, 0.2) is 0 Å². The lowest BCUT2D eigenvalue weighted by Gasteiger charge is -2.07. The maximum Gasteiger partial charge on any atom is 0.248 e. The van der Waals surface area contributed by atoms with E-state index in [1.165, 1.54) is 4.80 Å². The van der Waals surface area contributed by atoms with Crippen molar-refractivity contribution in [2.75, 3.05) is 5.32 Å². The van der Waals surface area contributed by atoms with Crippen LogP contribution in [0.3, 0.4) is 0 Å². The van der Waals surface area contributed by atoms with Gasteiger partial charge in [0.05, 0.1) is 5.69 Å². The van der Waals surface area contributed by atoms with Crippen molar-refractivity contribution in [3.63, 3.8) is 0 Å². The highest BCUT2D eigenvalue weighted by atomic mass is 79.9. The number of carbonyl (C=O) groups excluding carboxylic acids is 1. The molecule has 1 amide bonds. The number of aryl methyl sites for hydroxylation is 1. The number of aromatic nitrogens is 4. The van der Waals surface area contributed by atoms with Crippen LogP contribution in [0.4, 0.5) is 5.69 Å². The SMILES string of the molecule is Cc1ccc(NC(=O)Cn2nnc(-c3ccc(Br)cc3)n2)c(Br)c1. The molecule has 122 valence electrons. The molecule has 1 N–H and O–H groups in total. The number of hydrogen-bond donors (Lipinski definition) is 1. The second-order valence-electron chi connectivity index (χ2n) is 5.18. The molecule has 8 heteroatoms. The first-order valence-electron chi connectivity index (χ1n) is 7.11. The molecule has 0 aliphatic rings. The Bertz CT molecular complexity index is 876. The van der Waals surface area contributed by atoms with Crippen LogP contribution >= 0.6 is 31.9 Å². The molecule has 1 heterocycles. The molecule has 0 unspecified atom stereocenters.